The highest BCUT2D eigenvalue weighted by molar-refractivity contribution is 6.82. The van der Waals surface area contributed by atoms with Crippen molar-refractivity contribution in [3.8, 4) is 0 Å². The Bertz CT molecular complexity index is 1040. The summed E-state index contributed by atoms with van der Waals surface area (Å²) in [5.74, 6) is 0. The van der Waals surface area contributed by atoms with Crippen molar-refractivity contribution < 1.29 is 0 Å². The molecule has 0 saturated heterocycles. The number of allylic oxidation sites excluding steroid dienone is 4. The molecule has 2 aromatic carbocycles. The van der Waals surface area contributed by atoms with Crippen LogP contribution in [0.5, 0.6) is 0 Å². The molecule has 0 saturated carbocycles. The van der Waals surface area contributed by atoms with Gasteiger partial charge in [0.2, 0.25) is 0 Å². The van der Waals surface area contributed by atoms with Gasteiger partial charge in [-0.05, 0) is 67.4 Å². The molecule has 0 heterocycles. The van der Waals surface area contributed by atoms with Gasteiger partial charge in [-0.25, -0.2) is 0 Å². The van der Waals surface area contributed by atoms with Gasteiger partial charge in [0.05, 0.1) is 16.1 Å². The molecule has 0 spiro atoms. The maximum Gasteiger partial charge on any atom is 0.0649 e. The second kappa shape index (κ2) is 8.48. The molecule has 4 rings (SSSR count). The van der Waals surface area contributed by atoms with Crippen LogP contribution in [-0.4, -0.2) is 16.1 Å². The molecular weight excluding hydrogens is 441 g/mol. The molecule has 2 aromatic rings. The summed E-state index contributed by atoms with van der Waals surface area (Å²) in [6, 6.07) is 18.5. The second-order valence-corrected chi connectivity index (χ2v) is 25.1. The molecule has 0 bridgehead atoms. The summed E-state index contributed by atoms with van der Waals surface area (Å²) >= 11 is 0. The molecule has 2 atom stereocenters. The lowest BCUT2D eigenvalue weighted by Gasteiger charge is -2.41. The van der Waals surface area contributed by atoms with Crippen LogP contribution >= 0.6 is 0 Å². The van der Waals surface area contributed by atoms with E-state index < -0.39 is 16.1 Å². The van der Waals surface area contributed by atoms with E-state index >= 15 is 0 Å². The van der Waals surface area contributed by atoms with Crippen molar-refractivity contribution in [3.63, 3.8) is 0 Å². The quantitative estimate of drug-likeness (QED) is 0.369. The number of benzene rings is 2. The topological polar surface area (TPSA) is 0 Å². The van der Waals surface area contributed by atoms with E-state index in [1.165, 1.54) is 11.1 Å². The molecule has 2 aliphatic rings. The van der Waals surface area contributed by atoms with Gasteiger partial charge in [-0.15, -0.1) is 0 Å². The van der Waals surface area contributed by atoms with Gasteiger partial charge < -0.3 is 0 Å². The van der Waals surface area contributed by atoms with Crippen LogP contribution in [-0.2, 0) is 0 Å². The lowest BCUT2D eigenvalue weighted by atomic mass is 9.97. The number of fused-ring (bicyclic) bond motifs is 2. The van der Waals surface area contributed by atoms with E-state index in [0.29, 0.717) is 21.2 Å². The monoisotopic (exact) mass is 486 g/mol. The van der Waals surface area contributed by atoms with Crippen LogP contribution in [0.25, 0.3) is 11.1 Å². The van der Waals surface area contributed by atoms with Gasteiger partial charge in [0.1, 0.15) is 0 Å². The van der Waals surface area contributed by atoms with Crippen LogP contribution in [0.2, 0.25) is 36.3 Å². The summed E-state index contributed by atoms with van der Waals surface area (Å²) in [6.07, 6.45) is 7.64. The highest BCUT2D eigenvalue weighted by Crippen LogP contribution is 2.53. The van der Waals surface area contributed by atoms with E-state index in [-0.39, 0.29) is 0 Å². The van der Waals surface area contributed by atoms with E-state index in [4.69, 9.17) is 0 Å². The fourth-order valence-corrected chi connectivity index (χ4v) is 10.9. The maximum atomic E-state index is 2.68. The van der Waals surface area contributed by atoms with Crippen LogP contribution in [0.4, 0.5) is 0 Å². The number of rotatable bonds is 5. The Morgan fingerprint density at radius 1 is 0.559 bits per heavy atom. The first-order chi connectivity index (χ1) is 15.7. The summed E-state index contributed by atoms with van der Waals surface area (Å²) in [6.45, 7) is 25.1. The molecule has 0 unspecified atom stereocenters. The molecule has 182 valence electrons. The van der Waals surface area contributed by atoms with Crippen LogP contribution in [0.15, 0.2) is 60.7 Å². The van der Waals surface area contributed by atoms with Crippen LogP contribution in [0, 0.1) is 0 Å². The second-order valence-electron chi connectivity index (χ2n) is 14.0. The Kier molecular flexibility index (Phi) is 6.35. The Morgan fingerprint density at radius 3 is 1.21 bits per heavy atom. The Hall–Kier alpha value is -1.65. The molecule has 0 fully saturated rings. The maximum absolute atomic E-state index is 2.68. The fraction of sp³-hybridized carbons (Fsp3) is 0.500. The summed E-state index contributed by atoms with van der Waals surface area (Å²) in [4.78, 5) is 0. The first kappa shape index (κ1) is 25.4. The Balaban J connectivity index is 1.66. The minimum Gasteiger partial charge on any atom is -0.0759 e. The molecule has 0 nitrogen and oxygen atoms in total. The van der Waals surface area contributed by atoms with E-state index in [1.54, 1.807) is 22.3 Å². The molecule has 0 radical (unpaired) electrons. The van der Waals surface area contributed by atoms with Crippen molar-refractivity contribution in [2.24, 2.45) is 0 Å². The predicted octanol–water partition coefficient (Wildman–Crippen LogP) is 10.2. The average Bonchev–Trinajstić information content (AvgIpc) is 3.30. The van der Waals surface area contributed by atoms with Crippen molar-refractivity contribution in [1.29, 1.82) is 0 Å². The van der Waals surface area contributed by atoms with Crippen molar-refractivity contribution >= 4 is 27.3 Å². The lowest BCUT2D eigenvalue weighted by molar-refractivity contribution is 0.705. The third-order valence-electron chi connectivity index (χ3n) is 10.1. The fourth-order valence-electron chi connectivity index (χ4n) is 5.72. The van der Waals surface area contributed by atoms with Gasteiger partial charge in [-0.1, -0.05) is 128 Å². The first-order valence-corrected chi connectivity index (χ1v) is 19.4. The van der Waals surface area contributed by atoms with Gasteiger partial charge in [-0.2, -0.15) is 0 Å². The minimum absolute atomic E-state index is 0.375. The van der Waals surface area contributed by atoms with Crippen LogP contribution < -0.4 is 0 Å². The van der Waals surface area contributed by atoms with Gasteiger partial charge in [0.15, 0.2) is 0 Å². The van der Waals surface area contributed by atoms with Crippen LogP contribution in [0.3, 0.4) is 0 Å². The van der Waals surface area contributed by atoms with Crippen molar-refractivity contribution in [2.45, 2.75) is 102 Å². The van der Waals surface area contributed by atoms with Crippen molar-refractivity contribution in [2.75, 3.05) is 0 Å². The van der Waals surface area contributed by atoms with Gasteiger partial charge in [0, 0.05) is 0 Å². The first-order valence-electron chi connectivity index (χ1n) is 13.3. The smallest absolute Gasteiger partial charge is 0.0649 e. The predicted molar refractivity (Wildman–Crippen MR) is 158 cm³/mol. The van der Waals surface area contributed by atoms with Gasteiger partial charge in [0.25, 0.3) is 0 Å². The van der Waals surface area contributed by atoms with E-state index in [0.717, 1.165) is 12.8 Å². The summed E-state index contributed by atoms with van der Waals surface area (Å²) in [5, 5.41) is 0.750. The SMILES string of the molecule is CC(C)(C)[Si](C)(C)[C@@H]1C=C(CCC2=C[C@@H]([Si](C)(C)C(C)(C)C)c3ccccc32)c2ccccc21. The highest BCUT2D eigenvalue weighted by atomic mass is 28.3. The molecule has 0 amide bonds. The molecule has 2 aliphatic carbocycles. The number of hydrogen-bond acceptors (Lipinski definition) is 0. The molecule has 34 heavy (non-hydrogen) atoms. The third kappa shape index (κ3) is 4.15. The highest BCUT2D eigenvalue weighted by Gasteiger charge is 2.46. The molecule has 0 aromatic heterocycles. The largest absolute Gasteiger partial charge is 0.0759 e. The minimum atomic E-state index is -1.53. The molecular formula is C32H46Si2. The average molecular weight is 487 g/mol. The van der Waals surface area contributed by atoms with E-state index in [1.807, 2.05) is 0 Å². The zero-order chi connectivity index (χ0) is 25.1. The van der Waals surface area contributed by atoms with Gasteiger partial charge >= 0.3 is 0 Å². The van der Waals surface area contributed by atoms with E-state index in [9.17, 15) is 0 Å². The van der Waals surface area contributed by atoms with Crippen molar-refractivity contribution in [1.82, 2.24) is 0 Å². The van der Waals surface area contributed by atoms with Crippen LogP contribution in [0.1, 0.15) is 87.7 Å². The lowest BCUT2D eigenvalue weighted by Crippen LogP contribution is -2.42. The van der Waals surface area contributed by atoms with Crippen molar-refractivity contribution in [3.05, 3.63) is 82.9 Å². The summed E-state index contributed by atoms with van der Waals surface area (Å²) in [5.41, 5.74) is 10.6. The van der Waals surface area contributed by atoms with Gasteiger partial charge in [-0.3, -0.25) is 0 Å². The summed E-state index contributed by atoms with van der Waals surface area (Å²) in [7, 11) is -3.05. The zero-order valence-electron chi connectivity index (χ0n) is 23.3. The standard InChI is InChI=1S/C32H46Si2/c1-31(2,3)33(7,8)29-21-23(25-15-11-13-17-27(25)29)19-20-24-22-30(34(9,10)32(4,5)6)28-18-14-12-16-26(24)28/h11-18,21-22,29-30H,19-20H2,1-10H3/t29-,30-/m1/s1. The number of hydrogen-bond donors (Lipinski definition) is 0. The molecule has 0 N–H and O–H groups in total. The summed E-state index contributed by atoms with van der Waals surface area (Å²) < 4.78 is 0. The Morgan fingerprint density at radius 2 is 0.882 bits per heavy atom. The Labute approximate surface area is 211 Å². The third-order valence-corrected chi connectivity index (χ3v) is 21.9. The molecule has 2 heteroatoms. The zero-order valence-corrected chi connectivity index (χ0v) is 25.3. The molecule has 0 aliphatic heterocycles. The normalized spacial score (nSPS) is 20.6. The van der Waals surface area contributed by atoms with E-state index in [2.05, 4.69) is 128 Å².